The number of phenolic OH excluding ortho intramolecular Hbond substituents is 3. The van der Waals surface area contributed by atoms with Crippen LogP contribution < -0.4 is 0 Å². The average Bonchev–Trinajstić information content (AvgIpc) is 2.51. The maximum atomic E-state index is 12.8. The second-order valence-electron chi connectivity index (χ2n) is 5.80. The van der Waals surface area contributed by atoms with Gasteiger partial charge in [-0.3, -0.25) is 9.59 Å². The lowest BCUT2D eigenvalue weighted by atomic mass is 9.81. The van der Waals surface area contributed by atoms with Crippen molar-refractivity contribution in [2.75, 3.05) is 5.33 Å². The van der Waals surface area contributed by atoms with Crippen molar-refractivity contribution < 1.29 is 24.9 Å². The zero-order valence-corrected chi connectivity index (χ0v) is 14.5. The number of halogens is 1. The predicted molar refractivity (Wildman–Crippen MR) is 91.6 cm³/mol. The zero-order chi connectivity index (χ0) is 17.6. The van der Waals surface area contributed by atoms with Crippen molar-refractivity contribution in [3.8, 4) is 17.2 Å². The highest BCUT2D eigenvalue weighted by Crippen LogP contribution is 2.42. The lowest BCUT2D eigenvalue weighted by Crippen LogP contribution is -2.22. The summed E-state index contributed by atoms with van der Waals surface area (Å²) in [5.74, 6) is -2.02. The Morgan fingerprint density at radius 3 is 2.25 bits per heavy atom. The number of benzene rings is 2. The molecule has 0 unspecified atom stereocenters. The first-order valence-electron chi connectivity index (χ1n) is 7.43. The van der Waals surface area contributed by atoms with Gasteiger partial charge in [0.05, 0.1) is 11.1 Å². The van der Waals surface area contributed by atoms with Crippen LogP contribution in [0, 0.1) is 6.92 Å². The lowest BCUT2D eigenvalue weighted by molar-refractivity contribution is 0.0973. The van der Waals surface area contributed by atoms with Crippen LogP contribution in [0.3, 0.4) is 0 Å². The van der Waals surface area contributed by atoms with Crippen molar-refractivity contribution in [1.29, 1.82) is 0 Å². The Kier molecular flexibility index (Phi) is 4.09. The fourth-order valence-electron chi connectivity index (χ4n) is 3.05. The summed E-state index contributed by atoms with van der Waals surface area (Å²) < 4.78 is 0. The van der Waals surface area contributed by atoms with Gasteiger partial charge < -0.3 is 15.3 Å². The first kappa shape index (κ1) is 16.5. The topological polar surface area (TPSA) is 94.8 Å². The van der Waals surface area contributed by atoms with Crippen LogP contribution in [0.2, 0.25) is 0 Å². The van der Waals surface area contributed by atoms with Gasteiger partial charge in [0.25, 0.3) is 0 Å². The Morgan fingerprint density at radius 2 is 1.58 bits per heavy atom. The molecule has 2 aromatic rings. The molecule has 0 radical (unpaired) electrons. The van der Waals surface area contributed by atoms with Crippen LogP contribution in [-0.2, 0) is 6.42 Å². The summed E-state index contributed by atoms with van der Waals surface area (Å²) in [6.45, 7) is 1.70. The molecule has 2 aromatic carbocycles. The first-order valence-corrected chi connectivity index (χ1v) is 8.55. The fraction of sp³-hybridized carbons (Fsp3) is 0.222. The fourth-order valence-corrected chi connectivity index (χ4v) is 3.33. The zero-order valence-electron chi connectivity index (χ0n) is 12.9. The normalized spacial score (nSPS) is 12.9. The van der Waals surface area contributed by atoms with Gasteiger partial charge in [-0.2, -0.15) is 0 Å². The molecule has 0 saturated heterocycles. The number of alkyl halides is 1. The minimum atomic E-state index is -0.616. The number of hydrogen-bond acceptors (Lipinski definition) is 5. The van der Waals surface area contributed by atoms with Crippen LogP contribution in [0.1, 0.15) is 49.4 Å². The van der Waals surface area contributed by atoms with Crippen LogP contribution >= 0.6 is 15.9 Å². The summed E-state index contributed by atoms with van der Waals surface area (Å²) in [4.78, 5) is 25.5. The predicted octanol–water partition coefficient (Wildman–Crippen LogP) is 3.21. The molecule has 1 aliphatic rings. The highest BCUT2D eigenvalue weighted by Gasteiger charge is 2.36. The van der Waals surface area contributed by atoms with Crippen LogP contribution in [0.15, 0.2) is 18.2 Å². The minimum absolute atomic E-state index is 0.0462. The van der Waals surface area contributed by atoms with Crippen molar-refractivity contribution >= 4 is 27.5 Å². The van der Waals surface area contributed by atoms with Gasteiger partial charge in [0, 0.05) is 22.0 Å². The SMILES string of the molecule is Cc1cc(O)c2c(c1)C(=O)c1cc(O)c(CCCBr)c(O)c1C2=O. The summed E-state index contributed by atoms with van der Waals surface area (Å²) in [6.07, 6.45) is 0.994. The van der Waals surface area contributed by atoms with E-state index in [1.807, 2.05) is 0 Å². The van der Waals surface area contributed by atoms with Gasteiger partial charge in [-0.25, -0.2) is 0 Å². The second kappa shape index (κ2) is 5.94. The van der Waals surface area contributed by atoms with E-state index in [0.717, 1.165) is 0 Å². The molecule has 0 spiro atoms. The van der Waals surface area contributed by atoms with E-state index in [-0.39, 0.29) is 39.3 Å². The average molecular weight is 391 g/mol. The molecular formula is C18H15BrO5. The van der Waals surface area contributed by atoms with Gasteiger partial charge in [0.2, 0.25) is 5.78 Å². The number of aryl methyl sites for hydroxylation is 1. The third kappa shape index (κ3) is 2.38. The Bertz CT molecular complexity index is 886. The third-order valence-corrected chi connectivity index (χ3v) is 4.71. The number of carbonyl (C=O) groups excluding carboxylic acids is 2. The molecule has 0 heterocycles. The maximum Gasteiger partial charge on any atom is 0.201 e. The second-order valence-corrected chi connectivity index (χ2v) is 6.60. The van der Waals surface area contributed by atoms with Gasteiger partial charge in [-0.05, 0) is 43.5 Å². The highest BCUT2D eigenvalue weighted by molar-refractivity contribution is 9.09. The number of phenols is 3. The molecule has 3 N–H and O–H groups in total. The third-order valence-electron chi connectivity index (χ3n) is 4.15. The quantitative estimate of drug-likeness (QED) is 0.596. The Balaban J connectivity index is 2.27. The molecule has 0 amide bonds. The highest BCUT2D eigenvalue weighted by atomic mass is 79.9. The molecule has 6 heteroatoms. The molecule has 3 rings (SSSR count). The monoisotopic (exact) mass is 390 g/mol. The van der Waals surface area contributed by atoms with E-state index in [9.17, 15) is 24.9 Å². The Morgan fingerprint density at radius 1 is 0.917 bits per heavy atom. The number of fused-ring (bicyclic) bond motifs is 2. The summed E-state index contributed by atoms with van der Waals surface area (Å²) >= 11 is 3.27. The molecule has 24 heavy (non-hydrogen) atoms. The largest absolute Gasteiger partial charge is 0.508 e. The molecule has 0 fully saturated rings. The summed E-state index contributed by atoms with van der Waals surface area (Å²) in [5, 5.41) is 31.4. The van der Waals surface area contributed by atoms with Crippen molar-refractivity contribution in [2.45, 2.75) is 19.8 Å². The van der Waals surface area contributed by atoms with E-state index in [2.05, 4.69) is 15.9 Å². The van der Waals surface area contributed by atoms with Crippen molar-refractivity contribution in [3.05, 3.63) is 51.6 Å². The molecule has 5 nitrogen and oxygen atoms in total. The molecule has 0 atom stereocenters. The molecule has 0 aliphatic heterocycles. The lowest BCUT2D eigenvalue weighted by Gasteiger charge is -2.22. The van der Waals surface area contributed by atoms with E-state index in [4.69, 9.17) is 0 Å². The Labute approximate surface area is 146 Å². The smallest absolute Gasteiger partial charge is 0.201 e. The van der Waals surface area contributed by atoms with E-state index in [0.29, 0.717) is 23.7 Å². The van der Waals surface area contributed by atoms with E-state index in [1.54, 1.807) is 6.92 Å². The van der Waals surface area contributed by atoms with E-state index < -0.39 is 17.3 Å². The Hall–Kier alpha value is -2.34. The number of hydrogen-bond donors (Lipinski definition) is 3. The molecule has 0 aromatic heterocycles. The summed E-state index contributed by atoms with van der Waals surface area (Å²) in [6, 6.07) is 4.14. The van der Waals surface area contributed by atoms with Crippen molar-refractivity contribution in [3.63, 3.8) is 0 Å². The van der Waals surface area contributed by atoms with Gasteiger partial charge in [0.15, 0.2) is 5.78 Å². The molecular weight excluding hydrogens is 376 g/mol. The van der Waals surface area contributed by atoms with Crippen molar-refractivity contribution in [2.24, 2.45) is 0 Å². The number of carbonyl (C=O) groups is 2. The van der Waals surface area contributed by atoms with E-state index >= 15 is 0 Å². The molecule has 124 valence electrons. The molecule has 0 bridgehead atoms. The van der Waals surface area contributed by atoms with Crippen LogP contribution in [0.25, 0.3) is 0 Å². The van der Waals surface area contributed by atoms with Gasteiger partial charge >= 0.3 is 0 Å². The standard InChI is InChI=1S/C18H15BrO5/c1-8-5-10-14(13(21)6-8)18(24)15-11(16(10)22)7-12(20)9(17(15)23)3-2-4-19/h5-7,20-21,23H,2-4H2,1H3. The first-order chi connectivity index (χ1) is 11.4. The van der Waals surface area contributed by atoms with Gasteiger partial charge in [0.1, 0.15) is 17.2 Å². The summed E-state index contributed by atoms with van der Waals surface area (Å²) in [7, 11) is 0. The summed E-state index contributed by atoms with van der Waals surface area (Å²) in [5.41, 5.74) is 0.634. The van der Waals surface area contributed by atoms with E-state index in [1.165, 1.54) is 18.2 Å². The van der Waals surface area contributed by atoms with Crippen LogP contribution in [0.4, 0.5) is 0 Å². The van der Waals surface area contributed by atoms with Crippen molar-refractivity contribution in [1.82, 2.24) is 0 Å². The number of rotatable bonds is 3. The number of ketones is 2. The minimum Gasteiger partial charge on any atom is -0.508 e. The molecule has 0 saturated carbocycles. The van der Waals surface area contributed by atoms with Gasteiger partial charge in [-0.15, -0.1) is 0 Å². The molecule has 1 aliphatic carbocycles. The number of aromatic hydroxyl groups is 3. The maximum absolute atomic E-state index is 12.8. The van der Waals surface area contributed by atoms with Gasteiger partial charge in [-0.1, -0.05) is 15.9 Å². The van der Waals surface area contributed by atoms with Crippen LogP contribution in [0.5, 0.6) is 17.2 Å². The van der Waals surface area contributed by atoms with Crippen LogP contribution in [-0.4, -0.2) is 32.2 Å².